The number of aromatic nitrogens is 3. The lowest BCUT2D eigenvalue weighted by Gasteiger charge is -2.50. The highest BCUT2D eigenvalue weighted by Crippen LogP contribution is 2.45. The molecule has 2 aromatic heterocycles. The van der Waals surface area contributed by atoms with Crippen molar-refractivity contribution in [2.45, 2.75) is 51.5 Å². The van der Waals surface area contributed by atoms with E-state index in [4.69, 9.17) is 11.6 Å². The van der Waals surface area contributed by atoms with E-state index < -0.39 is 0 Å². The van der Waals surface area contributed by atoms with Crippen molar-refractivity contribution in [1.29, 1.82) is 0 Å². The van der Waals surface area contributed by atoms with E-state index in [9.17, 15) is 9.59 Å². The Labute approximate surface area is 245 Å². The highest BCUT2D eigenvalue weighted by molar-refractivity contribution is 6.29. The number of carbonyl (C=O) groups is 2. The molecule has 2 aliphatic rings. The molecule has 2 fully saturated rings. The van der Waals surface area contributed by atoms with Gasteiger partial charge in [0.15, 0.2) is 0 Å². The Morgan fingerprint density at radius 3 is 2.44 bits per heavy atom. The SMILES string of the molecule is Cc1ccc(C(=O)N2CC[C@H](c3ccc(-n4ccnc4)cc3)[C@H](C)C2C2CCC2)cc1NC(=O)c1ccc(Cl)nc1. The van der Waals surface area contributed by atoms with Gasteiger partial charge in [-0.15, -0.1) is 0 Å². The van der Waals surface area contributed by atoms with Crippen LogP contribution in [0, 0.1) is 18.8 Å². The minimum absolute atomic E-state index is 0.0336. The summed E-state index contributed by atoms with van der Waals surface area (Å²) in [6.07, 6.45) is 11.5. The van der Waals surface area contributed by atoms with Gasteiger partial charge in [-0.1, -0.05) is 43.1 Å². The fraction of sp³-hybridized carbons (Fsp3) is 0.333. The van der Waals surface area contributed by atoms with Gasteiger partial charge >= 0.3 is 0 Å². The number of imidazole rings is 1. The summed E-state index contributed by atoms with van der Waals surface area (Å²) in [5.41, 5.74) is 4.94. The highest BCUT2D eigenvalue weighted by atomic mass is 35.5. The summed E-state index contributed by atoms with van der Waals surface area (Å²) >= 11 is 5.87. The summed E-state index contributed by atoms with van der Waals surface area (Å²) in [6, 6.07) is 17.8. The van der Waals surface area contributed by atoms with Crippen LogP contribution in [-0.2, 0) is 0 Å². The predicted molar refractivity (Wildman–Crippen MR) is 161 cm³/mol. The summed E-state index contributed by atoms with van der Waals surface area (Å²) in [6.45, 7) is 4.95. The van der Waals surface area contributed by atoms with Crippen LogP contribution in [0.5, 0.6) is 0 Å². The lowest BCUT2D eigenvalue weighted by atomic mass is 9.67. The molecule has 7 nitrogen and oxygen atoms in total. The minimum atomic E-state index is -0.289. The normalized spacial score (nSPS) is 20.9. The standard InChI is InChI=1S/C33H34ClN5O2/c1-21-6-7-25(18-29(21)37-32(40)26-10-13-30(34)36-19-26)33(41)39-16-14-28(22(2)31(39)24-4-3-5-24)23-8-11-27(12-9-23)38-17-15-35-20-38/h6-13,15,17-20,22,24,28,31H,3-5,14,16H2,1-2H3,(H,37,40)/t22-,28-,31?/m0/s1. The van der Waals surface area contributed by atoms with Crippen LogP contribution in [0.25, 0.3) is 5.69 Å². The molecule has 1 saturated carbocycles. The van der Waals surface area contributed by atoms with E-state index in [0.717, 1.165) is 30.5 Å². The van der Waals surface area contributed by atoms with Gasteiger partial charge in [-0.2, -0.15) is 0 Å². The Kier molecular flexibility index (Phi) is 7.63. The maximum absolute atomic E-state index is 14.1. The number of likely N-dealkylation sites (tertiary alicyclic amines) is 1. The highest BCUT2D eigenvalue weighted by Gasteiger charge is 2.44. The minimum Gasteiger partial charge on any atom is -0.335 e. The van der Waals surface area contributed by atoms with E-state index in [1.165, 1.54) is 18.2 Å². The number of halogens is 1. The van der Waals surface area contributed by atoms with E-state index in [1.54, 1.807) is 18.3 Å². The molecule has 41 heavy (non-hydrogen) atoms. The molecule has 1 aliphatic heterocycles. The number of hydrogen-bond donors (Lipinski definition) is 1. The lowest BCUT2D eigenvalue weighted by molar-refractivity contribution is 0.0144. The average Bonchev–Trinajstić information content (AvgIpc) is 3.50. The van der Waals surface area contributed by atoms with Crippen LogP contribution >= 0.6 is 11.6 Å². The number of anilines is 1. The molecule has 8 heteroatoms. The number of hydrogen-bond acceptors (Lipinski definition) is 4. The molecule has 1 saturated heterocycles. The van der Waals surface area contributed by atoms with Crippen LogP contribution in [0.1, 0.15) is 70.4 Å². The Hall–Kier alpha value is -3.97. The van der Waals surface area contributed by atoms with Gasteiger partial charge in [0, 0.05) is 48.1 Å². The molecule has 6 rings (SSSR count). The fourth-order valence-electron chi connectivity index (χ4n) is 6.45. The molecule has 2 aromatic carbocycles. The number of nitrogens with one attached hydrogen (secondary N) is 1. The largest absolute Gasteiger partial charge is 0.335 e. The Balaban J connectivity index is 1.22. The van der Waals surface area contributed by atoms with Gasteiger partial charge in [-0.3, -0.25) is 9.59 Å². The first kappa shape index (κ1) is 27.2. The first-order valence-corrected chi connectivity index (χ1v) is 14.7. The number of pyridine rings is 1. The summed E-state index contributed by atoms with van der Waals surface area (Å²) in [7, 11) is 0. The molecular weight excluding hydrogens is 534 g/mol. The summed E-state index contributed by atoms with van der Waals surface area (Å²) in [4.78, 5) is 37.2. The molecular formula is C33H34ClN5O2. The second-order valence-corrected chi connectivity index (χ2v) is 11.7. The molecule has 3 atom stereocenters. The summed E-state index contributed by atoms with van der Waals surface area (Å²) in [5, 5.41) is 3.28. The van der Waals surface area contributed by atoms with Crippen molar-refractivity contribution in [2.75, 3.05) is 11.9 Å². The van der Waals surface area contributed by atoms with E-state index >= 15 is 0 Å². The second-order valence-electron chi connectivity index (χ2n) is 11.3. The zero-order chi connectivity index (χ0) is 28.5. The number of nitrogens with zero attached hydrogens (tertiary/aromatic N) is 4. The number of aryl methyl sites for hydroxylation is 1. The molecule has 4 aromatic rings. The molecule has 1 N–H and O–H groups in total. The van der Waals surface area contributed by atoms with Crippen LogP contribution in [0.2, 0.25) is 5.15 Å². The third kappa shape index (κ3) is 5.51. The van der Waals surface area contributed by atoms with Gasteiger partial charge in [0.05, 0.1) is 11.9 Å². The maximum atomic E-state index is 14.1. The first-order valence-electron chi connectivity index (χ1n) is 14.3. The average molecular weight is 568 g/mol. The number of amides is 2. The van der Waals surface area contributed by atoms with Crippen LogP contribution in [-0.4, -0.2) is 43.8 Å². The van der Waals surface area contributed by atoms with Gasteiger partial charge in [0.2, 0.25) is 0 Å². The predicted octanol–water partition coefficient (Wildman–Crippen LogP) is 6.92. The van der Waals surface area contributed by atoms with Gasteiger partial charge in [-0.05, 0) is 91.5 Å². The third-order valence-electron chi connectivity index (χ3n) is 8.95. The van der Waals surface area contributed by atoms with Crippen molar-refractivity contribution in [2.24, 2.45) is 11.8 Å². The van der Waals surface area contributed by atoms with E-state index in [1.807, 2.05) is 42.2 Å². The van der Waals surface area contributed by atoms with Crippen molar-refractivity contribution < 1.29 is 9.59 Å². The lowest BCUT2D eigenvalue weighted by Crippen LogP contribution is -2.55. The van der Waals surface area contributed by atoms with Gasteiger partial charge in [0.1, 0.15) is 5.15 Å². The van der Waals surface area contributed by atoms with Crippen LogP contribution < -0.4 is 5.32 Å². The number of benzene rings is 2. The molecule has 0 radical (unpaired) electrons. The molecule has 1 unspecified atom stereocenters. The molecule has 0 bridgehead atoms. The monoisotopic (exact) mass is 567 g/mol. The Morgan fingerprint density at radius 1 is 1.00 bits per heavy atom. The molecule has 0 spiro atoms. The Bertz CT molecular complexity index is 1530. The Morgan fingerprint density at radius 2 is 1.78 bits per heavy atom. The van der Waals surface area contributed by atoms with Crippen molar-refractivity contribution in [3.8, 4) is 5.69 Å². The molecule has 210 valence electrons. The second kappa shape index (κ2) is 11.5. The third-order valence-corrected chi connectivity index (χ3v) is 9.18. The van der Waals surface area contributed by atoms with Crippen molar-refractivity contribution in [1.82, 2.24) is 19.4 Å². The first-order chi connectivity index (χ1) is 19.9. The van der Waals surface area contributed by atoms with Gasteiger partial charge < -0.3 is 14.8 Å². The summed E-state index contributed by atoms with van der Waals surface area (Å²) < 4.78 is 2.01. The van der Waals surface area contributed by atoms with Crippen molar-refractivity contribution in [3.05, 3.63) is 107 Å². The van der Waals surface area contributed by atoms with Crippen LogP contribution in [0.3, 0.4) is 0 Å². The molecule has 1 aliphatic carbocycles. The fourth-order valence-corrected chi connectivity index (χ4v) is 6.56. The van der Waals surface area contributed by atoms with E-state index in [-0.39, 0.29) is 17.9 Å². The number of piperidine rings is 1. The van der Waals surface area contributed by atoms with Crippen LogP contribution in [0.4, 0.5) is 5.69 Å². The van der Waals surface area contributed by atoms with Gasteiger partial charge in [0.25, 0.3) is 11.8 Å². The molecule has 2 amide bonds. The zero-order valence-corrected chi connectivity index (χ0v) is 24.1. The summed E-state index contributed by atoms with van der Waals surface area (Å²) in [5.74, 6) is 0.986. The zero-order valence-electron chi connectivity index (χ0n) is 23.3. The number of carbonyl (C=O) groups excluding carboxylic acids is 2. The van der Waals surface area contributed by atoms with E-state index in [0.29, 0.717) is 46.3 Å². The maximum Gasteiger partial charge on any atom is 0.257 e. The topological polar surface area (TPSA) is 80.1 Å². The van der Waals surface area contributed by atoms with Crippen molar-refractivity contribution in [3.63, 3.8) is 0 Å². The smallest absolute Gasteiger partial charge is 0.257 e. The van der Waals surface area contributed by atoms with E-state index in [2.05, 4.69) is 51.4 Å². The van der Waals surface area contributed by atoms with Crippen molar-refractivity contribution >= 4 is 29.1 Å². The van der Waals surface area contributed by atoms with Gasteiger partial charge in [-0.25, -0.2) is 9.97 Å². The number of rotatable bonds is 6. The van der Waals surface area contributed by atoms with Crippen LogP contribution in [0.15, 0.2) is 79.5 Å². The molecule has 3 heterocycles. The quantitative estimate of drug-likeness (QED) is 0.257.